The molecule has 1 atom stereocenters. The van der Waals surface area contributed by atoms with Crippen molar-refractivity contribution in [3.63, 3.8) is 0 Å². The van der Waals surface area contributed by atoms with Crippen molar-refractivity contribution in [1.82, 2.24) is 0 Å². The summed E-state index contributed by atoms with van der Waals surface area (Å²) in [5.41, 5.74) is 0. The standard InChI is InChI=1S/C10H14O6S.Na/c1-8(15-7-6-11)16-9-2-4-10(5-3-9)17(12,13)14;/h2-5,8,11H,6-7H2,1H3,(H,12,13,14);/q;+1/p-1. The SMILES string of the molecule is CC(OCCO)Oc1ccc(S(=O)(=O)[O-])cc1.[Na+]. The van der Waals surface area contributed by atoms with E-state index >= 15 is 0 Å². The third-order valence-electron chi connectivity index (χ3n) is 1.86. The van der Waals surface area contributed by atoms with Crippen LogP contribution >= 0.6 is 0 Å². The van der Waals surface area contributed by atoms with Gasteiger partial charge in [0, 0.05) is 0 Å². The van der Waals surface area contributed by atoms with Crippen LogP contribution in [0.4, 0.5) is 0 Å². The van der Waals surface area contributed by atoms with Crippen molar-refractivity contribution in [2.24, 2.45) is 0 Å². The molecule has 0 radical (unpaired) electrons. The third kappa shape index (κ3) is 6.14. The van der Waals surface area contributed by atoms with E-state index in [0.29, 0.717) is 5.75 Å². The molecule has 1 rings (SSSR count). The largest absolute Gasteiger partial charge is 1.00 e. The molecule has 0 saturated heterocycles. The van der Waals surface area contributed by atoms with Gasteiger partial charge in [0.2, 0.25) is 0 Å². The van der Waals surface area contributed by atoms with Crippen LogP contribution in [0.2, 0.25) is 0 Å². The Hall–Kier alpha value is -0.150. The normalized spacial score (nSPS) is 12.6. The molecular formula is C10H13NaO6S. The van der Waals surface area contributed by atoms with E-state index in [4.69, 9.17) is 14.6 Å². The van der Waals surface area contributed by atoms with Gasteiger partial charge in [-0.1, -0.05) is 0 Å². The van der Waals surface area contributed by atoms with Gasteiger partial charge in [0.15, 0.2) is 6.29 Å². The van der Waals surface area contributed by atoms with Crippen molar-refractivity contribution in [1.29, 1.82) is 0 Å². The first kappa shape index (κ1) is 17.8. The van der Waals surface area contributed by atoms with Crippen LogP contribution in [0.1, 0.15) is 6.92 Å². The fourth-order valence-corrected chi connectivity index (χ4v) is 1.60. The van der Waals surface area contributed by atoms with Crippen LogP contribution in [-0.4, -0.2) is 37.6 Å². The third-order valence-corrected chi connectivity index (χ3v) is 2.71. The van der Waals surface area contributed by atoms with E-state index in [-0.39, 0.29) is 47.7 Å². The van der Waals surface area contributed by atoms with E-state index in [1.165, 1.54) is 12.1 Å². The summed E-state index contributed by atoms with van der Waals surface area (Å²) in [6.07, 6.45) is -0.572. The van der Waals surface area contributed by atoms with Crippen LogP contribution in [0.5, 0.6) is 5.75 Å². The van der Waals surface area contributed by atoms with Crippen molar-refractivity contribution in [3.8, 4) is 5.75 Å². The summed E-state index contributed by atoms with van der Waals surface area (Å²) in [5.74, 6) is 0.378. The van der Waals surface area contributed by atoms with E-state index in [0.717, 1.165) is 12.1 Å². The minimum atomic E-state index is -4.43. The second-order valence-electron chi connectivity index (χ2n) is 3.21. The number of benzene rings is 1. The fraction of sp³-hybridized carbons (Fsp3) is 0.400. The van der Waals surface area contributed by atoms with Gasteiger partial charge in [-0.3, -0.25) is 0 Å². The first-order valence-electron chi connectivity index (χ1n) is 4.88. The molecular weight excluding hydrogens is 271 g/mol. The van der Waals surface area contributed by atoms with Gasteiger partial charge >= 0.3 is 29.6 Å². The molecule has 0 bridgehead atoms. The summed E-state index contributed by atoms with van der Waals surface area (Å²) in [4.78, 5) is -0.311. The molecule has 1 unspecified atom stereocenters. The molecule has 1 aromatic carbocycles. The molecule has 8 heteroatoms. The average molecular weight is 284 g/mol. The molecule has 0 heterocycles. The summed E-state index contributed by atoms with van der Waals surface area (Å²) in [7, 11) is -4.43. The Morgan fingerprint density at radius 3 is 2.33 bits per heavy atom. The Bertz CT molecular complexity index is 444. The summed E-state index contributed by atoms with van der Waals surface area (Å²) in [5, 5.41) is 8.53. The Morgan fingerprint density at radius 2 is 1.89 bits per heavy atom. The maximum Gasteiger partial charge on any atom is 1.00 e. The number of ether oxygens (including phenoxy) is 2. The topological polar surface area (TPSA) is 95.9 Å². The smallest absolute Gasteiger partial charge is 0.744 e. The Labute approximate surface area is 128 Å². The zero-order valence-electron chi connectivity index (χ0n) is 10.2. The molecule has 0 aliphatic rings. The van der Waals surface area contributed by atoms with E-state index in [9.17, 15) is 13.0 Å². The molecule has 6 nitrogen and oxygen atoms in total. The first-order valence-corrected chi connectivity index (χ1v) is 6.29. The quantitative estimate of drug-likeness (QED) is 0.348. The van der Waals surface area contributed by atoms with E-state index in [1.807, 2.05) is 0 Å². The van der Waals surface area contributed by atoms with Gasteiger partial charge in [-0.25, -0.2) is 8.42 Å². The minimum Gasteiger partial charge on any atom is -0.744 e. The number of aliphatic hydroxyl groups excluding tert-OH is 1. The van der Waals surface area contributed by atoms with E-state index < -0.39 is 16.4 Å². The molecule has 0 amide bonds. The molecule has 0 spiro atoms. The van der Waals surface area contributed by atoms with Gasteiger partial charge in [-0.15, -0.1) is 0 Å². The van der Waals surface area contributed by atoms with E-state index in [1.54, 1.807) is 6.92 Å². The van der Waals surface area contributed by atoms with Gasteiger partial charge in [0.25, 0.3) is 0 Å². The van der Waals surface area contributed by atoms with Crippen LogP contribution in [0.25, 0.3) is 0 Å². The number of aliphatic hydroxyl groups is 1. The van der Waals surface area contributed by atoms with Crippen molar-refractivity contribution >= 4 is 10.1 Å². The molecule has 0 saturated carbocycles. The molecule has 0 fully saturated rings. The van der Waals surface area contributed by atoms with Gasteiger partial charge in [-0.2, -0.15) is 0 Å². The fourth-order valence-electron chi connectivity index (χ4n) is 1.13. The molecule has 18 heavy (non-hydrogen) atoms. The first-order chi connectivity index (χ1) is 7.93. The van der Waals surface area contributed by atoms with Crippen molar-refractivity contribution in [2.45, 2.75) is 18.1 Å². The van der Waals surface area contributed by atoms with Crippen molar-refractivity contribution in [2.75, 3.05) is 13.2 Å². The zero-order valence-corrected chi connectivity index (χ0v) is 13.0. The molecule has 0 aromatic heterocycles. The molecule has 0 aliphatic carbocycles. The molecule has 96 valence electrons. The van der Waals surface area contributed by atoms with E-state index in [2.05, 4.69) is 0 Å². The Morgan fingerprint density at radius 1 is 1.33 bits per heavy atom. The second-order valence-corrected chi connectivity index (χ2v) is 4.59. The van der Waals surface area contributed by atoms with Crippen LogP contribution < -0.4 is 34.3 Å². The van der Waals surface area contributed by atoms with Gasteiger partial charge in [-0.05, 0) is 31.2 Å². The zero-order chi connectivity index (χ0) is 12.9. The predicted molar refractivity (Wildman–Crippen MR) is 57.5 cm³/mol. The Kier molecular flexibility index (Phi) is 8.04. The maximum atomic E-state index is 10.7. The molecule has 1 aromatic rings. The monoisotopic (exact) mass is 284 g/mol. The second kappa shape index (κ2) is 8.11. The van der Waals surface area contributed by atoms with Crippen LogP contribution in [-0.2, 0) is 14.9 Å². The number of hydrogen-bond acceptors (Lipinski definition) is 6. The van der Waals surface area contributed by atoms with Gasteiger partial charge < -0.3 is 19.1 Å². The van der Waals surface area contributed by atoms with Crippen LogP contribution in [0.15, 0.2) is 29.2 Å². The number of hydrogen-bond donors (Lipinski definition) is 1. The summed E-state index contributed by atoms with van der Waals surface area (Å²) in [6.45, 7) is 1.67. The van der Waals surface area contributed by atoms with Crippen LogP contribution in [0.3, 0.4) is 0 Å². The average Bonchev–Trinajstić information content (AvgIpc) is 2.26. The van der Waals surface area contributed by atoms with Crippen LogP contribution in [0, 0.1) is 0 Å². The molecule has 1 N–H and O–H groups in total. The maximum absolute atomic E-state index is 10.7. The van der Waals surface area contributed by atoms with Gasteiger partial charge in [0.05, 0.1) is 18.1 Å². The Balaban J connectivity index is 0.00000289. The van der Waals surface area contributed by atoms with Gasteiger partial charge in [0.1, 0.15) is 15.9 Å². The molecule has 0 aliphatic heterocycles. The predicted octanol–water partition coefficient (Wildman–Crippen LogP) is -2.67. The summed E-state index contributed by atoms with van der Waals surface area (Å²) >= 11 is 0. The van der Waals surface area contributed by atoms with Crippen molar-refractivity contribution < 1.29 is 57.1 Å². The summed E-state index contributed by atoms with van der Waals surface area (Å²) < 4.78 is 42.3. The minimum absolute atomic E-state index is 0. The summed E-state index contributed by atoms with van der Waals surface area (Å²) in [6, 6.07) is 5.06. The number of rotatable bonds is 6. The van der Waals surface area contributed by atoms with Crippen molar-refractivity contribution in [3.05, 3.63) is 24.3 Å².